The largest absolute Gasteiger partial charge is 0.351 e. The van der Waals surface area contributed by atoms with Crippen LogP contribution in [0.5, 0.6) is 0 Å². The van der Waals surface area contributed by atoms with E-state index in [4.69, 9.17) is 5.73 Å². The topological polar surface area (TPSA) is 68.0 Å². The van der Waals surface area contributed by atoms with Crippen LogP contribution in [-0.4, -0.2) is 11.0 Å². The molecule has 0 aliphatic carbocycles. The fourth-order valence-corrected chi connectivity index (χ4v) is 1.90. The molecule has 0 fully saturated rings. The molecule has 1 heterocycles. The van der Waals surface area contributed by atoms with E-state index in [2.05, 4.69) is 10.3 Å². The summed E-state index contributed by atoms with van der Waals surface area (Å²) in [4.78, 5) is 14.7. The first kappa shape index (κ1) is 8.00. The second-order valence-electron chi connectivity index (χ2n) is 2.48. The van der Waals surface area contributed by atoms with Crippen molar-refractivity contribution in [2.75, 3.05) is 5.32 Å². The van der Waals surface area contributed by atoms with E-state index in [0.29, 0.717) is 5.13 Å². The summed E-state index contributed by atoms with van der Waals surface area (Å²) in [5.74, 6) is 0. The van der Waals surface area contributed by atoms with Gasteiger partial charge in [-0.25, -0.2) is 9.78 Å². The molecule has 1 aromatic carbocycles. The number of carbonyl (C=O) groups is 1. The van der Waals surface area contributed by atoms with Crippen LogP contribution in [0.1, 0.15) is 0 Å². The fraction of sp³-hybridized carbons (Fsp3) is 0. The van der Waals surface area contributed by atoms with Gasteiger partial charge in [-0.1, -0.05) is 23.5 Å². The average Bonchev–Trinajstić information content (AvgIpc) is 2.44. The number of rotatable bonds is 1. The van der Waals surface area contributed by atoms with E-state index in [1.54, 1.807) is 0 Å². The van der Waals surface area contributed by atoms with Crippen molar-refractivity contribution in [3.63, 3.8) is 0 Å². The van der Waals surface area contributed by atoms with Crippen LogP contribution in [-0.2, 0) is 0 Å². The lowest BCUT2D eigenvalue weighted by Gasteiger charge is -1.91. The molecule has 0 bridgehead atoms. The molecule has 2 amide bonds. The Balaban J connectivity index is 2.44. The van der Waals surface area contributed by atoms with Crippen molar-refractivity contribution in [2.24, 2.45) is 5.73 Å². The predicted molar refractivity (Wildman–Crippen MR) is 52.8 cm³/mol. The van der Waals surface area contributed by atoms with Crippen LogP contribution in [0.25, 0.3) is 10.2 Å². The number of aromatic nitrogens is 1. The second kappa shape index (κ2) is 3.02. The van der Waals surface area contributed by atoms with Crippen LogP contribution in [0.2, 0.25) is 0 Å². The average molecular weight is 193 g/mol. The number of urea groups is 1. The lowest BCUT2D eigenvalue weighted by atomic mass is 10.3. The number of hydrogen-bond donors (Lipinski definition) is 2. The van der Waals surface area contributed by atoms with Gasteiger partial charge in [-0.05, 0) is 12.1 Å². The van der Waals surface area contributed by atoms with E-state index in [1.165, 1.54) is 11.3 Å². The molecular formula is C8H7N3OS. The number of benzene rings is 1. The Bertz CT molecular complexity index is 418. The number of nitrogens with two attached hydrogens (primary N) is 1. The Hall–Kier alpha value is -1.62. The van der Waals surface area contributed by atoms with Gasteiger partial charge in [0.15, 0.2) is 5.13 Å². The Kier molecular flexibility index (Phi) is 1.86. The lowest BCUT2D eigenvalue weighted by Crippen LogP contribution is -2.18. The van der Waals surface area contributed by atoms with Crippen molar-refractivity contribution in [2.45, 2.75) is 0 Å². The number of para-hydroxylation sites is 1. The van der Waals surface area contributed by atoms with Crippen LogP contribution in [0.3, 0.4) is 0 Å². The number of anilines is 1. The van der Waals surface area contributed by atoms with Crippen molar-refractivity contribution in [1.82, 2.24) is 4.98 Å². The SMILES string of the molecule is NC(=O)Nc1nc2ccccc2s1. The Labute approximate surface area is 78.4 Å². The third-order valence-electron chi connectivity index (χ3n) is 1.52. The maximum absolute atomic E-state index is 10.5. The summed E-state index contributed by atoms with van der Waals surface area (Å²) in [6.07, 6.45) is 0. The molecule has 2 aromatic rings. The highest BCUT2D eigenvalue weighted by Crippen LogP contribution is 2.24. The number of carbonyl (C=O) groups excluding carboxylic acids is 1. The van der Waals surface area contributed by atoms with E-state index in [1.807, 2.05) is 24.3 Å². The van der Waals surface area contributed by atoms with Crippen LogP contribution in [0.15, 0.2) is 24.3 Å². The predicted octanol–water partition coefficient (Wildman–Crippen LogP) is 1.79. The highest BCUT2D eigenvalue weighted by molar-refractivity contribution is 7.22. The summed E-state index contributed by atoms with van der Waals surface area (Å²) < 4.78 is 1.03. The minimum Gasteiger partial charge on any atom is -0.351 e. The molecule has 4 nitrogen and oxygen atoms in total. The van der Waals surface area contributed by atoms with Crippen molar-refractivity contribution >= 4 is 32.7 Å². The van der Waals surface area contributed by atoms with E-state index in [0.717, 1.165) is 10.2 Å². The molecule has 1 aromatic heterocycles. The third-order valence-corrected chi connectivity index (χ3v) is 2.48. The number of fused-ring (bicyclic) bond motifs is 1. The molecule has 0 saturated heterocycles. The lowest BCUT2D eigenvalue weighted by molar-refractivity contribution is 0.259. The molecule has 13 heavy (non-hydrogen) atoms. The normalized spacial score (nSPS) is 10.2. The van der Waals surface area contributed by atoms with Gasteiger partial charge < -0.3 is 5.73 Å². The zero-order chi connectivity index (χ0) is 9.26. The van der Waals surface area contributed by atoms with Gasteiger partial charge in [-0.3, -0.25) is 5.32 Å². The molecule has 0 aliphatic heterocycles. The van der Waals surface area contributed by atoms with Crippen LogP contribution in [0.4, 0.5) is 9.93 Å². The summed E-state index contributed by atoms with van der Waals surface area (Å²) in [6.45, 7) is 0. The Morgan fingerprint density at radius 2 is 2.23 bits per heavy atom. The minimum atomic E-state index is -0.584. The molecule has 0 aliphatic rings. The van der Waals surface area contributed by atoms with Gasteiger partial charge in [0.25, 0.3) is 0 Å². The Morgan fingerprint density at radius 3 is 2.92 bits per heavy atom. The van der Waals surface area contributed by atoms with E-state index >= 15 is 0 Å². The molecule has 3 N–H and O–H groups in total. The van der Waals surface area contributed by atoms with Crippen LogP contribution in [0, 0.1) is 0 Å². The van der Waals surface area contributed by atoms with E-state index < -0.39 is 6.03 Å². The molecular weight excluding hydrogens is 186 g/mol. The zero-order valence-corrected chi connectivity index (χ0v) is 7.47. The zero-order valence-electron chi connectivity index (χ0n) is 6.65. The third kappa shape index (κ3) is 1.59. The van der Waals surface area contributed by atoms with Gasteiger partial charge in [-0.15, -0.1) is 0 Å². The molecule has 0 saturated carbocycles. The first-order valence-corrected chi connectivity index (χ1v) is 4.49. The number of thiazole rings is 1. The number of nitrogens with one attached hydrogen (secondary N) is 1. The number of hydrogen-bond acceptors (Lipinski definition) is 3. The smallest absolute Gasteiger partial charge is 0.318 e. The molecule has 0 unspecified atom stereocenters. The maximum atomic E-state index is 10.5. The summed E-state index contributed by atoms with van der Waals surface area (Å²) >= 11 is 1.40. The fourth-order valence-electron chi connectivity index (χ4n) is 1.03. The molecule has 66 valence electrons. The maximum Gasteiger partial charge on any atom is 0.318 e. The summed E-state index contributed by atoms with van der Waals surface area (Å²) in [6, 6.07) is 7.07. The van der Waals surface area contributed by atoms with Gasteiger partial charge in [0.1, 0.15) is 0 Å². The minimum absolute atomic E-state index is 0.536. The molecule has 5 heteroatoms. The standard InChI is InChI=1S/C8H7N3OS/c9-7(12)11-8-10-5-3-1-2-4-6(5)13-8/h1-4H,(H3,9,10,11,12). The monoisotopic (exact) mass is 193 g/mol. The first-order valence-electron chi connectivity index (χ1n) is 3.68. The van der Waals surface area contributed by atoms with Crippen LogP contribution >= 0.6 is 11.3 Å². The summed E-state index contributed by atoms with van der Waals surface area (Å²) in [5.41, 5.74) is 5.83. The highest BCUT2D eigenvalue weighted by Gasteiger charge is 2.03. The van der Waals surface area contributed by atoms with Crippen LogP contribution < -0.4 is 11.1 Å². The second-order valence-corrected chi connectivity index (χ2v) is 3.51. The van der Waals surface area contributed by atoms with E-state index in [9.17, 15) is 4.79 Å². The van der Waals surface area contributed by atoms with Crippen molar-refractivity contribution in [3.8, 4) is 0 Å². The van der Waals surface area contributed by atoms with Gasteiger partial charge in [0.2, 0.25) is 0 Å². The highest BCUT2D eigenvalue weighted by atomic mass is 32.1. The molecule has 0 radical (unpaired) electrons. The van der Waals surface area contributed by atoms with Crippen molar-refractivity contribution in [1.29, 1.82) is 0 Å². The quantitative estimate of drug-likeness (QED) is 0.724. The van der Waals surface area contributed by atoms with Crippen molar-refractivity contribution < 1.29 is 4.79 Å². The van der Waals surface area contributed by atoms with Gasteiger partial charge in [0, 0.05) is 0 Å². The van der Waals surface area contributed by atoms with Gasteiger partial charge >= 0.3 is 6.03 Å². The summed E-state index contributed by atoms with van der Waals surface area (Å²) in [7, 11) is 0. The summed E-state index contributed by atoms with van der Waals surface area (Å²) in [5, 5.41) is 2.98. The number of nitrogens with zero attached hydrogens (tertiary/aromatic N) is 1. The van der Waals surface area contributed by atoms with Crippen molar-refractivity contribution in [3.05, 3.63) is 24.3 Å². The van der Waals surface area contributed by atoms with Gasteiger partial charge in [0.05, 0.1) is 10.2 Å². The molecule has 0 spiro atoms. The number of amides is 2. The molecule has 2 rings (SSSR count). The first-order chi connectivity index (χ1) is 6.25. The van der Waals surface area contributed by atoms with Gasteiger partial charge in [-0.2, -0.15) is 0 Å². The van der Waals surface area contributed by atoms with E-state index in [-0.39, 0.29) is 0 Å². The Morgan fingerprint density at radius 1 is 1.46 bits per heavy atom. The number of primary amides is 1. The molecule has 0 atom stereocenters.